The number of benzene rings is 1. The minimum Gasteiger partial charge on any atom is -0.388 e. The van der Waals surface area contributed by atoms with Crippen molar-refractivity contribution in [1.29, 1.82) is 0 Å². The Hall–Kier alpha value is -3.47. The van der Waals surface area contributed by atoms with E-state index in [4.69, 9.17) is 4.98 Å². The number of piperidine rings is 1. The number of fused-ring (bicyclic) bond motifs is 1. The molecule has 11 heteroatoms. The van der Waals surface area contributed by atoms with Gasteiger partial charge in [0.25, 0.3) is 0 Å². The molecule has 0 amide bonds. The van der Waals surface area contributed by atoms with E-state index < -0.39 is 35.9 Å². The van der Waals surface area contributed by atoms with Crippen molar-refractivity contribution >= 4 is 11.5 Å². The highest BCUT2D eigenvalue weighted by molar-refractivity contribution is 5.65. The molecule has 0 unspecified atom stereocenters. The number of hydrogen-bond acceptors (Lipinski definition) is 5. The van der Waals surface area contributed by atoms with Gasteiger partial charge in [-0.3, -0.25) is 4.98 Å². The normalized spacial score (nSPS) is 23.4. The van der Waals surface area contributed by atoms with E-state index >= 15 is 4.39 Å². The first kappa shape index (κ1) is 35.9. The summed E-state index contributed by atoms with van der Waals surface area (Å²) in [5, 5.41) is 11.6. The van der Waals surface area contributed by atoms with Gasteiger partial charge in [-0.25, -0.2) is 23.1 Å². The number of alkyl halides is 6. The summed E-state index contributed by atoms with van der Waals surface area (Å²) in [6, 6.07) is 4.06. The molecule has 274 valence electrons. The molecule has 1 N–H and O–H groups in total. The predicted octanol–water partition coefficient (Wildman–Crippen LogP) is 10.6. The summed E-state index contributed by atoms with van der Waals surface area (Å²) in [5.74, 6) is -2.85. The van der Waals surface area contributed by atoms with Crippen LogP contribution in [-0.4, -0.2) is 39.1 Å². The van der Waals surface area contributed by atoms with E-state index in [1.807, 2.05) is 26.2 Å². The fraction of sp³-hybridized carbons (Fsp3) is 0.575. The van der Waals surface area contributed by atoms with Gasteiger partial charge in [-0.15, -0.1) is 0 Å². The molecule has 0 bridgehead atoms. The summed E-state index contributed by atoms with van der Waals surface area (Å²) in [6.07, 6.45) is 4.72. The van der Waals surface area contributed by atoms with Crippen LogP contribution in [0.15, 0.2) is 42.7 Å². The maximum absolute atomic E-state index is 17.3. The van der Waals surface area contributed by atoms with E-state index in [0.717, 1.165) is 49.1 Å². The minimum absolute atomic E-state index is 0.0398. The molecule has 51 heavy (non-hydrogen) atoms. The van der Waals surface area contributed by atoms with Crippen LogP contribution in [0.4, 0.5) is 32.3 Å². The molecule has 1 aliphatic heterocycles. The molecule has 1 saturated heterocycles. The molecule has 3 aromatic rings. The zero-order valence-corrected chi connectivity index (χ0v) is 29.3. The molecule has 3 heterocycles. The van der Waals surface area contributed by atoms with Gasteiger partial charge in [0.05, 0.1) is 17.4 Å². The first-order valence-corrected chi connectivity index (χ1v) is 18.4. The number of aliphatic hydroxyl groups is 1. The van der Waals surface area contributed by atoms with Gasteiger partial charge in [0.1, 0.15) is 0 Å². The number of aliphatic hydroxyl groups excluding tert-OH is 1. The number of allylic oxidation sites excluding steroid dienone is 2. The topological polar surface area (TPSA) is 62.1 Å². The Morgan fingerprint density at radius 2 is 1.57 bits per heavy atom. The summed E-state index contributed by atoms with van der Waals surface area (Å²) < 4.78 is 86.6. The summed E-state index contributed by atoms with van der Waals surface area (Å²) in [6.45, 7) is 5.26. The Labute approximate surface area is 295 Å². The monoisotopic (exact) mass is 712 g/mol. The van der Waals surface area contributed by atoms with Crippen molar-refractivity contribution < 1.29 is 31.4 Å². The Kier molecular flexibility index (Phi) is 9.73. The van der Waals surface area contributed by atoms with Gasteiger partial charge in [0.2, 0.25) is 11.9 Å². The molecule has 0 spiro atoms. The van der Waals surface area contributed by atoms with Gasteiger partial charge in [0.15, 0.2) is 6.17 Å². The van der Waals surface area contributed by atoms with Gasteiger partial charge in [-0.2, -0.15) is 13.2 Å². The van der Waals surface area contributed by atoms with E-state index in [2.05, 4.69) is 20.9 Å². The number of halogens is 6. The Morgan fingerprint density at radius 1 is 0.902 bits per heavy atom. The third kappa shape index (κ3) is 7.55. The number of hydrogen-bond donors (Lipinski definition) is 1. The molecule has 1 saturated carbocycles. The van der Waals surface area contributed by atoms with Crippen LogP contribution in [0.2, 0.25) is 0 Å². The molecule has 1 aromatic carbocycles. The molecule has 4 aliphatic rings. The van der Waals surface area contributed by atoms with Crippen molar-refractivity contribution in [3.8, 4) is 0 Å². The minimum atomic E-state index is -4.58. The second kappa shape index (κ2) is 13.8. The van der Waals surface area contributed by atoms with Crippen LogP contribution in [0.1, 0.15) is 153 Å². The highest BCUT2D eigenvalue weighted by atomic mass is 19.4. The molecule has 0 radical (unpaired) electrons. The maximum Gasteiger partial charge on any atom is 0.416 e. The lowest BCUT2D eigenvalue weighted by molar-refractivity contribution is -0.137. The van der Waals surface area contributed by atoms with Crippen LogP contribution in [0.25, 0.3) is 5.57 Å². The summed E-state index contributed by atoms with van der Waals surface area (Å²) in [7, 11) is 0. The standard InChI is InChI=1S/C40H46F6N4O/c1-38(2)20-30-33(31(51)21-38)32(25-12-16-39(42,43)17-13-25)34(35(41)26-8-10-29(11-9-26)40(44,45)46)36(49-30)27-14-18-50(19-15-27)37-47-22-28(23-48-37)24-6-4-3-5-7-24/h6,8-11,22-23,25,27,31,35,51H,3-5,7,12-21H2,1-2H3/t31-,35-/m0/s1. The maximum atomic E-state index is 17.3. The highest BCUT2D eigenvalue weighted by Crippen LogP contribution is 2.52. The molecular weight excluding hydrogens is 666 g/mol. The van der Waals surface area contributed by atoms with Crippen molar-refractivity contribution in [3.63, 3.8) is 0 Å². The fourth-order valence-corrected chi connectivity index (χ4v) is 8.82. The second-order valence-corrected chi connectivity index (χ2v) is 15.9. The van der Waals surface area contributed by atoms with Gasteiger partial charge in [-0.1, -0.05) is 32.1 Å². The fourth-order valence-electron chi connectivity index (χ4n) is 8.82. The van der Waals surface area contributed by atoms with Crippen molar-refractivity contribution in [2.24, 2.45) is 5.41 Å². The van der Waals surface area contributed by atoms with Crippen molar-refractivity contribution in [2.45, 2.75) is 127 Å². The molecule has 3 aliphatic carbocycles. The molecule has 2 fully saturated rings. The number of anilines is 1. The average Bonchev–Trinajstić information content (AvgIpc) is 3.10. The lowest BCUT2D eigenvalue weighted by Crippen LogP contribution is -2.36. The van der Waals surface area contributed by atoms with Crippen LogP contribution in [0.3, 0.4) is 0 Å². The smallest absolute Gasteiger partial charge is 0.388 e. The van der Waals surface area contributed by atoms with Crippen LogP contribution in [-0.2, 0) is 12.6 Å². The first-order chi connectivity index (χ1) is 24.2. The van der Waals surface area contributed by atoms with Crippen LogP contribution < -0.4 is 4.90 Å². The lowest BCUT2D eigenvalue weighted by atomic mass is 9.68. The van der Waals surface area contributed by atoms with E-state index in [9.17, 15) is 27.1 Å². The van der Waals surface area contributed by atoms with Gasteiger partial charge in [0, 0.05) is 66.6 Å². The molecule has 5 nitrogen and oxygen atoms in total. The zero-order chi connectivity index (χ0) is 36.1. The predicted molar refractivity (Wildman–Crippen MR) is 185 cm³/mol. The van der Waals surface area contributed by atoms with E-state index in [-0.39, 0.29) is 48.1 Å². The Morgan fingerprint density at radius 3 is 2.18 bits per heavy atom. The molecule has 2 atom stereocenters. The van der Waals surface area contributed by atoms with Crippen molar-refractivity contribution in [1.82, 2.24) is 15.0 Å². The quantitative estimate of drug-likeness (QED) is 0.258. The Balaban J connectivity index is 1.27. The average molecular weight is 713 g/mol. The SMILES string of the molecule is CC1(C)Cc2nc(C3CCN(c4ncc(C5=CCCCC5)cn4)CC3)c([C@@H](F)c3ccc(C(F)(F)F)cc3)c(C3CCC(F)(F)CC3)c2[C@@H](O)C1. The second-order valence-electron chi connectivity index (χ2n) is 15.9. The van der Waals surface area contributed by atoms with Gasteiger partial charge >= 0.3 is 6.18 Å². The number of aromatic nitrogens is 3. The molecule has 2 aromatic heterocycles. The summed E-state index contributed by atoms with van der Waals surface area (Å²) in [4.78, 5) is 16.6. The van der Waals surface area contributed by atoms with E-state index in [1.54, 1.807) is 0 Å². The van der Waals surface area contributed by atoms with Gasteiger partial charge in [-0.05, 0) is 104 Å². The number of nitrogens with zero attached hydrogens (tertiary/aromatic N) is 4. The third-order valence-electron chi connectivity index (χ3n) is 11.5. The summed E-state index contributed by atoms with van der Waals surface area (Å²) >= 11 is 0. The number of rotatable bonds is 6. The van der Waals surface area contributed by atoms with Crippen molar-refractivity contribution in [3.05, 3.63) is 87.5 Å². The first-order valence-electron chi connectivity index (χ1n) is 18.4. The van der Waals surface area contributed by atoms with E-state index in [1.165, 1.54) is 12.0 Å². The largest absolute Gasteiger partial charge is 0.416 e. The van der Waals surface area contributed by atoms with Gasteiger partial charge < -0.3 is 10.0 Å². The highest BCUT2D eigenvalue weighted by Gasteiger charge is 2.44. The van der Waals surface area contributed by atoms with E-state index in [0.29, 0.717) is 67.2 Å². The van der Waals surface area contributed by atoms with Crippen molar-refractivity contribution in [2.75, 3.05) is 18.0 Å². The van der Waals surface area contributed by atoms with Crippen LogP contribution in [0.5, 0.6) is 0 Å². The molecule has 7 rings (SSSR count). The van der Waals surface area contributed by atoms with Crippen LogP contribution >= 0.6 is 0 Å². The number of pyridine rings is 1. The third-order valence-corrected chi connectivity index (χ3v) is 11.5. The van der Waals surface area contributed by atoms with Crippen LogP contribution in [0, 0.1) is 5.41 Å². The summed E-state index contributed by atoms with van der Waals surface area (Å²) in [5.41, 5.74) is 3.67. The zero-order valence-electron chi connectivity index (χ0n) is 29.3. The Bertz CT molecular complexity index is 1740. The molecular formula is C40H46F6N4O. The lowest BCUT2D eigenvalue weighted by Gasteiger charge is -2.41.